The van der Waals surface area contributed by atoms with Crippen molar-refractivity contribution in [2.24, 2.45) is 0 Å². The van der Waals surface area contributed by atoms with Crippen LogP contribution in [0.3, 0.4) is 0 Å². The zero-order valence-electron chi connectivity index (χ0n) is 16.4. The molecule has 0 aromatic heterocycles. The van der Waals surface area contributed by atoms with Crippen LogP contribution in [0.5, 0.6) is 5.75 Å². The summed E-state index contributed by atoms with van der Waals surface area (Å²) in [6, 6.07) is 7.77. The van der Waals surface area contributed by atoms with E-state index in [0.717, 1.165) is 19.3 Å². The molecular weight excluding hydrogens is 364 g/mol. The number of carbonyl (C=O) groups is 1. The molecule has 0 radical (unpaired) electrons. The van der Waals surface area contributed by atoms with Gasteiger partial charge in [0.15, 0.2) is 6.61 Å². The van der Waals surface area contributed by atoms with Gasteiger partial charge in [0.2, 0.25) is 10.0 Å². The number of ether oxygens (including phenoxy) is 1. The van der Waals surface area contributed by atoms with E-state index in [4.69, 9.17) is 4.74 Å². The van der Waals surface area contributed by atoms with Gasteiger partial charge in [-0.2, -0.15) is 0 Å². The van der Waals surface area contributed by atoms with E-state index in [9.17, 15) is 13.2 Å². The summed E-state index contributed by atoms with van der Waals surface area (Å²) in [5.74, 6) is 0.815. The fourth-order valence-electron chi connectivity index (χ4n) is 3.17. The summed E-state index contributed by atoms with van der Waals surface area (Å²) in [5, 5.41) is 0. The molecule has 0 spiro atoms. The van der Waals surface area contributed by atoms with Gasteiger partial charge in [0, 0.05) is 19.1 Å². The van der Waals surface area contributed by atoms with Crippen molar-refractivity contribution in [2.75, 3.05) is 25.4 Å². The molecule has 0 saturated carbocycles. The Labute approximate surface area is 163 Å². The number of hydrogen-bond donors (Lipinski definition) is 1. The van der Waals surface area contributed by atoms with E-state index in [1.54, 1.807) is 4.90 Å². The van der Waals surface area contributed by atoms with Gasteiger partial charge in [-0.3, -0.25) is 4.79 Å². The van der Waals surface area contributed by atoms with Gasteiger partial charge in [0.1, 0.15) is 5.75 Å². The lowest BCUT2D eigenvalue weighted by molar-refractivity contribution is -0.134. The van der Waals surface area contributed by atoms with Crippen LogP contribution in [0.2, 0.25) is 0 Å². The molecule has 2 rings (SSSR count). The Morgan fingerprint density at radius 2 is 1.81 bits per heavy atom. The van der Waals surface area contributed by atoms with Crippen molar-refractivity contribution < 1.29 is 17.9 Å². The quantitative estimate of drug-likeness (QED) is 0.660. The third kappa shape index (κ3) is 7.50. The van der Waals surface area contributed by atoms with Crippen LogP contribution in [0, 0.1) is 0 Å². The van der Waals surface area contributed by atoms with Gasteiger partial charge in [0.25, 0.3) is 5.91 Å². The largest absolute Gasteiger partial charge is 0.484 e. The van der Waals surface area contributed by atoms with Crippen LogP contribution in [-0.2, 0) is 21.2 Å². The highest BCUT2D eigenvalue weighted by Crippen LogP contribution is 2.15. The number of piperidine rings is 1. The number of nitrogens with zero attached hydrogens (tertiary/aromatic N) is 1. The summed E-state index contributed by atoms with van der Waals surface area (Å²) in [6.45, 7) is 5.24. The highest BCUT2D eigenvalue weighted by Gasteiger charge is 2.25. The van der Waals surface area contributed by atoms with Crippen LogP contribution >= 0.6 is 0 Å². The minimum Gasteiger partial charge on any atom is -0.484 e. The molecule has 1 aromatic carbocycles. The standard InChI is InChI=1S/C20H32N2O4S/c1-3-5-15-27(24,25)21-18-11-13-22(14-12-18)20(23)16-26-19-9-7-17(6-4-2)8-10-19/h7-10,18,21H,3-6,11-16H2,1-2H3. The number of nitrogens with one attached hydrogen (secondary N) is 1. The Balaban J connectivity index is 1.73. The summed E-state index contributed by atoms with van der Waals surface area (Å²) in [7, 11) is -3.21. The van der Waals surface area contributed by atoms with Gasteiger partial charge in [0.05, 0.1) is 5.75 Å². The zero-order valence-corrected chi connectivity index (χ0v) is 17.3. The van der Waals surface area contributed by atoms with E-state index in [1.807, 2.05) is 31.2 Å². The molecular formula is C20H32N2O4S. The fraction of sp³-hybridized carbons (Fsp3) is 0.650. The van der Waals surface area contributed by atoms with Crippen LogP contribution in [-0.4, -0.2) is 50.7 Å². The first kappa shape index (κ1) is 21.7. The molecule has 1 amide bonds. The summed E-state index contributed by atoms with van der Waals surface area (Å²) >= 11 is 0. The van der Waals surface area contributed by atoms with E-state index in [0.29, 0.717) is 38.1 Å². The van der Waals surface area contributed by atoms with Crippen LogP contribution in [0.1, 0.15) is 51.5 Å². The third-order valence-corrected chi connectivity index (χ3v) is 6.30. The van der Waals surface area contributed by atoms with Crippen molar-refractivity contribution in [3.63, 3.8) is 0 Å². The first-order valence-corrected chi connectivity index (χ1v) is 11.6. The minimum absolute atomic E-state index is 0.0139. The van der Waals surface area contributed by atoms with Gasteiger partial charge in [-0.1, -0.05) is 38.8 Å². The Hall–Kier alpha value is -1.60. The van der Waals surface area contributed by atoms with E-state index in [-0.39, 0.29) is 24.3 Å². The molecule has 1 aliphatic heterocycles. The van der Waals surface area contributed by atoms with Crippen LogP contribution < -0.4 is 9.46 Å². The van der Waals surface area contributed by atoms with Gasteiger partial charge in [-0.25, -0.2) is 13.1 Å². The summed E-state index contributed by atoms with van der Waals surface area (Å²) in [6.07, 6.45) is 4.95. The first-order valence-electron chi connectivity index (χ1n) is 9.93. The van der Waals surface area contributed by atoms with Crippen molar-refractivity contribution in [1.29, 1.82) is 0 Å². The number of aryl methyl sites for hydroxylation is 1. The summed E-state index contributed by atoms with van der Waals surface area (Å²) in [5.41, 5.74) is 1.26. The van der Waals surface area contributed by atoms with E-state index in [2.05, 4.69) is 11.6 Å². The predicted molar refractivity (Wildman–Crippen MR) is 107 cm³/mol. The fourth-order valence-corrected chi connectivity index (χ4v) is 4.70. The molecule has 0 atom stereocenters. The van der Waals surface area contributed by atoms with Gasteiger partial charge < -0.3 is 9.64 Å². The molecule has 1 saturated heterocycles. The Morgan fingerprint density at radius 3 is 2.41 bits per heavy atom. The average Bonchev–Trinajstić information content (AvgIpc) is 2.66. The number of benzene rings is 1. The van der Waals surface area contributed by atoms with Crippen molar-refractivity contribution in [3.05, 3.63) is 29.8 Å². The van der Waals surface area contributed by atoms with Crippen LogP contribution in [0.4, 0.5) is 0 Å². The highest BCUT2D eigenvalue weighted by molar-refractivity contribution is 7.89. The number of likely N-dealkylation sites (tertiary alicyclic amines) is 1. The van der Waals surface area contributed by atoms with Gasteiger partial charge in [-0.15, -0.1) is 0 Å². The molecule has 0 bridgehead atoms. The number of carbonyl (C=O) groups excluding carboxylic acids is 1. The molecule has 152 valence electrons. The van der Waals surface area contributed by atoms with Gasteiger partial charge in [-0.05, 0) is 43.4 Å². The van der Waals surface area contributed by atoms with E-state index >= 15 is 0 Å². The normalized spacial score (nSPS) is 15.7. The molecule has 6 nitrogen and oxygen atoms in total. The number of rotatable bonds is 10. The maximum absolute atomic E-state index is 12.3. The molecule has 7 heteroatoms. The van der Waals surface area contributed by atoms with Gasteiger partial charge >= 0.3 is 0 Å². The minimum atomic E-state index is -3.21. The zero-order chi connectivity index (χ0) is 19.7. The highest BCUT2D eigenvalue weighted by atomic mass is 32.2. The monoisotopic (exact) mass is 396 g/mol. The number of unbranched alkanes of at least 4 members (excludes halogenated alkanes) is 1. The maximum atomic E-state index is 12.3. The Bertz CT molecular complexity index is 680. The molecule has 1 aliphatic rings. The summed E-state index contributed by atoms with van der Waals surface area (Å²) in [4.78, 5) is 14.1. The third-order valence-electron chi connectivity index (χ3n) is 4.78. The smallest absolute Gasteiger partial charge is 0.260 e. The van der Waals surface area contributed by atoms with Crippen molar-refractivity contribution in [1.82, 2.24) is 9.62 Å². The molecule has 1 heterocycles. The molecule has 0 unspecified atom stereocenters. The maximum Gasteiger partial charge on any atom is 0.260 e. The van der Waals surface area contributed by atoms with Crippen molar-refractivity contribution in [2.45, 2.75) is 58.4 Å². The van der Waals surface area contributed by atoms with Crippen LogP contribution in [0.15, 0.2) is 24.3 Å². The lowest BCUT2D eigenvalue weighted by atomic mass is 10.1. The predicted octanol–water partition coefficient (Wildman–Crippen LogP) is 2.73. The average molecular weight is 397 g/mol. The first-order chi connectivity index (χ1) is 12.9. The molecule has 0 aliphatic carbocycles. The number of amides is 1. The van der Waals surface area contributed by atoms with E-state index < -0.39 is 10.0 Å². The molecule has 1 N–H and O–H groups in total. The summed E-state index contributed by atoms with van der Waals surface area (Å²) < 4.78 is 32.3. The topological polar surface area (TPSA) is 75.7 Å². The molecule has 27 heavy (non-hydrogen) atoms. The lowest BCUT2D eigenvalue weighted by Crippen LogP contribution is -2.48. The SMILES string of the molecule is CCCCS(=O)(=O)NC1CCN(C(=O)COc2ccc(CCC)cc2)CC1. The van der Waals surface area contributed by atoms with Crippen LogP contribution in [0.25, 0.3) is 0 Å². The Morgan fingerprint density at radius 1 is 1.15 bits per heavy atom. The lowest BCUT2D eigenvalue weighted by Gasteiger charge is -2.32. The number of hydrogen-bond acceptors (Lipinski definition) is 4. The molecule has 1 fully saturated rings. The van der Waals surface area contributed by atoms with Crippen molar-refractivity contribution in [3.8, 4) is 5.75 Å². The molecule has 1 aromatic rings. The second kappa shape index (κ2) is 10.7. The van der Waals surface area contributed by atoms with Crippen molar-refractivity contribution >= 4 is 15.9 Å². The van der Waals surface area contributed by atoms with E-state index in [1.165, 1.54) is 5.56 Å². The Kier molecular flexibility index (Phi) is 8.57. The second-order valence-corrected chi connectivity index (χ2v) is 9.00. The number of sulfonamides is 1. The second-order valence-electron chi connectivity index (χ2n) is 7.13.